The number of anilines is 1. The number of piperidine rings is 1. The summed E-state index contributed by atoms with van der Waals surface area (Å²) in [5.74, 6) is -3.14. The Hall–Kier alpha value is -2.88. The number of halogens is 2. The number of aromatic amines is 1. The molecule has 0 spiro atoms. The van der Waals surface area contributed by atoms with Crippen molar-refractivity contribution >= 4 is 11.9 Å². The lowest BCUT2D eigenvalue weighted by atomic mass is 9.87. The van der Waals surface area contributed by atoms with Crippen molar-refractivity contribution in [1.82, 2.24) is 19.9 Å². The molecule has 8 nitrogen and oxygen atoms in total. The van der Waals surface area contributed by atoms with E-state index in [0.29, 0.717) is 23.8 Å². The van der Waals surface area contributed by atoms with Gasteiger partial charge in [-0.2, -0.15) is 0 Å². The van der Waals surface area contributed by atoms with E-state index in [-0.39, 0.29) is 36.9 Å². The number of carbonyl (C=O) groups excluding carboxylic acids is 1. The fourth-order valence-electron chi connectivity index (χ4n) is 3.60. The van der Waals surface area contributed by atoms with Crippen LogP contribution in [0.2, 0.25) is 0 Å². The molecule has 1 saturated heterocycles. The topological polar surface area (TPSA) is 100 Å². The molecule has 2 aromatic rings. The fraction of sp³-hybridized carbons (Fsp3) is 0.524. The van der Waals surface area contributed by atoms with Gasteiger partial charge in [0.2, 0.25) is 17.4 Å². The highest BCUT2D eigenvalue weighted by atomic mass is 19.3. The minimum atomic E-state index is -2.93. The molecule has 2 fully saturated rings. The lowest BCUT2D eigenvalue weighted by Crippen LogP contribution is -2.52. The number of likely N-dealkylation sites (tertiary alicyclic amines) is 1. The maximum atomic E-state index is 14.5. The third-order valence-electron chi connectivity index (χ3n) is 5.84. The van der Waals surface area contributed by atoms with Crippen molar-refractivity contribution in [2.24, 2.45) is 5.92 Å². The molecule has 10 heteroatoms. The second kappa shape index (κ2) is 8.70. The molecule has 2 aromatic heterocycles. The van der Waals surface area contributed by atoms with Crippen LogP contribution in [0.1, 0.15) is 37.7 Å². The van der Waals surface area contributed by atoms with Crippen molar-refractivity contribution in [3.63, 3.8) is 0 Å². The average Bonchev–Trinajstić information content (AvgIpc) is 3.58. The van der Waals surface area contributed by atoms with Gasteiger partial charge < -0.3 is 9.72 Å². The van der Waals surface area contributed by atoms with Crippen LogP contribution < -0.4 is 15.6 Å². The highest BCUT2D eigenvalue weighted by molar-refractivity contribution is 5.93. The second-order valence-corrected chi connectivity index (χ2v) is 8.21. The van der Waals surface area contributed by atoms with Crippen LogP contribution >= 0.6 is 0 Å². The van der Waals surface area contributed by atoms with E-state index in [0.717, 1.165) is 0 Å². The molecule has 1 amide bonds. The molecule has 1 aliphatic carbocycles. The number of carbonyl (C=O) groups is 1. The number of hydrogen-bond donors (Lipinski definition) is 2. The highest BCUT2D eigenvalue weighted by Gasteiger charge is 2.46. The van der Waals surface area contributed by atoms with Gasteiger partial charge in [-0.3, -0.25) is 19.8 Å². The summed E-state index contributed by atoms with van der Waals surface area (Å²) in [4.78, 5) is 36.3. The first kappa shape index (κ1) is 21.4. The Labute approximate surface area is 178 Å². The van der Waals surface area contributed by atoms with E-state index >= 15 is 0 Å². The molecule has 0 radical (unpaired) electrons. The van der Waals surface area contributed by atoms with Gasteiger partial charge in [0.1, 0.15) is 0 Å². The molecule has 4 rings (SSSR count). The second-order valence-electron chi connectivity index (χ2n) is 8.21. The summed E-state index contributed by atoms with van der Waals surface area (Å²) < 4.78 is 34.7. The molecule has 166 valence electrons. The lowest BCUT2D eigenvalue weighted by Gasteiger charge is -2.40. The van der Waals surface area contributed by atoms with Crippen LogP contribution in [0, 0.1) is 5.92 Å². The minimum absolute atomic E-state index is 0.0115. The molecule has 2 N–H and O–H groups in total. The van der Waals surface area contributed by atoms with Gasteiger partial charge in [0.15, 0.2) is 5.75 Å². The van der Waals surface area contributed by atoms with Crippen LogP contribution in [0.5, 0.6) is 5.75 Å². The summed E-state index contributed by atoms with van der Waals surface area (Å²) in [7, 11) is 0. The van der Waals surface area contributed by atoms with E-state index in [1.54, 1.807) is 11.8 Å². The largest absolute Gasteiger partial charge is 0.490 e. The van der Waals surface area contributed by atoms with Crippen LogP contribution in [-0.4, -0.2) is 57.4 Å². The number of aromatic nitrogens is 3. The Morgan fingerprint density at radius 3 is 2.74 bits per heavy atom. The summed E-state index contributed by atoms with van der Waals surface area (Å²) in [6.07, 6.45) is 6.30. The zero-order valence-corrected chi connectivity index (χ0v) is 17.2. The summed E-state index contributed by atoms with van der Waals surface area (Å²) in [5.41, 5.74) is -0.0107. The third kappa shape index (κ3) is 5.25. The number of nitrogens with zero attached hydrogens (tertiary/aromatic N) is 3. The maximum absolute atomic E-state index is 14.5. The average molecular weight is 433 g/mol. The molecule has 3 heterocycles. The summed E-state index contributed by atoms with van der Waals surface area (Å²) >= 11 is 0. The first-order chi connectivity index (χ1) is 14.8. The molecular formula is C21H25F2N5O3. The number of pyridine rings is 1. The molecule has 2 aliphatic rings. The van der Waals surface area contributed by atoms with Gasteiger partial charge in [-0.15, -0.1) is 0 Å². The zero-order valence-electron chi connectivity index (χ0n) is 17.2. The van der Waals surface area contributed by atoms with Crippen molar-refractivity contribution in [1.29, 1.82) is 0 Å². The summed E-state index contributed by atoms with van der Waals surface area (Å²) in [6.45, 7) is 2.37. The SMILES string of the molecule is CC(C(=O)Nc1ncc(OCC2CC2)cn1)N1CCC(F)(F)[C@@H](c2ccc(=O)[nH]c2)C1. The van der Waals surface area contributed by atoms with Crippen molar-refractivity contribution in [3.05, 3.63) is 46.6 Å². The van der Waals surface area contributed by atoms with Gasteiger partial charge >= 0.3 is 0 Å². The number of rotatable bonds is 7. The molecule has 0 bridgehead atoms. The van der Waals surface area contributed by atoms with Gasteiger partial charge in [0.05, 0.1) is 31.0 Å². The molecule has 2 atom stereocenters. The number of hydrogen-bond acceptors (Lipinski definition) is 6. The van der Waals surface area contributed by atoms with Gasteiger partial charge in [0, 0.05) is 31.8 Å². The minimum Gasteiger partial charge on any atom is -0.490 e. The standard InChI is InChI=1S/C21H25F2N5O3/c1-13(19(30)27-20-25-9-16(10-26-20)31-12-14-2-3-14)28-7-6-21(22,23)17(11-28)15-4-5-18(29)24-8-15/h4-5,8-10,13-14,17H,2-3,6-7,11-12H2,1H3,(H,24,29)(H,25,26,27,30)/t13?,17-/m1/s1. The normalized spacial score (nSPS) is 22.0. The van der Waals surface area contributed by atoms with E-state index in [1.807, 2.05) is 0 Å². The van der Waals surface area contributed by atoms with E-state index in [1.165, 1.54) is 43.6 Å². The van der Waals surface area contributed by atoms with E-state index in [4.69, 9.17) is 4.74 Å². The first-order valence-corrected chi connectivity index (χ1v) is 10.4. The molecule has 1 unspecified atom stereocenters. The monoisotopic (exact) mass is 433 g/mol. The Balaban J connectivity index is 1.37. The van der Waals surface area contributed by atoms with Crippen molar-refractivity contribution in [2.75, 3.05) is 25.0 Å². The van der Waals surface area contributed by atoms with E-state index in [2.05, 4.69) is 20.3 Å². The van der Waals surface area contributed by atoms with Crippen LogP contribution in [0.4, 0.5) is 14.7 Å². The fourth-order valence-corrected chi connectivity index (χ4v) is 3.60. The van der Waals surface area contributed by atoms with Gasteiger partial charge in [-0.05, 0) is 31.2 Å². The number of amides is 1. The summed E-state index contributed by atoms with van der Waals surface area (Å²) in [6, 6.07) is 1.98. The Morgan fingerprint density at radius 1 is 1.35 bits per heavy atom. The third-order valence-corrected chi connectivity index (χ3v) is 5.84. The van der Waals surface area contributed by atoms with Gasteiger partial charge in [0.25, 0.3) is 5.92 Å². The zero-order chi connectivity index (χ0) is 22.0. The van der Waals surface area contributed by atoms with Crippen LogP contribution in [-0.2, 0) is 4.79 Å². The van der Waals surface area contributed by atoms with Crippen molar-refractivity contribution < 1.29 is 18.3 Å². The van der Waals surface area contributed by atoms with Gasteiger partial charge in [-0.1, -0.05) is 6.07 Å². The van der Waals surface area contributed by atoms with Crippen LogP contribution in [0.3, 0.4) is 0 Å². The lowest BCUT2D eigenvalue weighted by molar-refractivity contribution is -0.125. The van der Waals surface area contributed by atoms with Crippen molar-refractivity contribution in [2.45, 2.75) is 44.1 Å². The van der Waals surface area contributed by atoms with Crippen LogP contribution in [0.25, 0.3) is 0 Å². The maximum Gasteiger partial charge on any atom is 0.257 e. The number of ether oxygens (including phenoxy) is 1. The molecule has 0 aromatic carbocycles. The van der Waals surface area contributed by atoms with Gasteiger partial charge in [-0.25, -0.2) is 18.7 Å². The smallest absolute Gasteiger partial charge is 0.257 e. The number of nitrogens with one attached hydrogen (secondary N) is 2. The first-order valence-electron chi connectivity index (χ1n) is 10.4. The molecule has 1 saturated carbocycles. The predicted octanol–water partition coefficient (Wildman–Crippen LogP) is 2.41. The van der Waals surface area contributed by atoms with E-state index in [9.17, 15) is 18.4 Å². The molecule has 1 aliphatic heterocycles. The number of H-pyrrole nitrogens is 1. The van der Waals surface area contributed by atoms with Crippen LogP contribution in [0.15, 0.2) is 35.5 Å². The molecular weight excluding hydrogens is 408 g/mol. The highest BCUT2D eigenvalue weighted by Crippen LogP contribution is 2.40. The van der Waals surface area contributed by atoms with E-state index < -0.39 is 17.9 Å². The predicted molar refractivity (Wildman–Crippen MR) is 109 cm³/mol. The quantitative estimate of drug-likeness (QED) is 0.696. The Kier molecular flexibility index (Phi) is 5.99. The Bertz CT molecular complexity index is 957. The van der Waals surface area contributed by atoms with Crippen molar-refractivity contribution in [3.8, 4) is 5.75 Å². The Morgan fingerprint density at radius 2 is 2.10 bits per heavy atom. The summed E-state index contributed by atoms with van der Waals surface area (Å²) in [5, 5.41) is 2.63. The number of alkyl halides is 2. The molecule has 31 heavy (non-hydrogen) atoms.